The molecule has 0 unspecified atom stereocenters. The highest BCUT2D eigenvalue weighted by Gasteiger charge is 2.38. The van der Waals surface area contributed by atoms with E-state index in [0.717, 1.165) is 36.8 Å². The van der Waals surface area contributed by atoms with E-state index in [1.54, 1.807) is 25.3 Å². The van der Waals surface area contributed by atoms with Gasteiger partial charge in [-0.2, -0.15) is 0 Å². The molecule has 3 heterocycles. The molecule has 10 heteroatoms. The Bertz CT molecular complexity index is 934. The highest BCUT2D eigenvalue weighted by molar-refractivity contribution is 5.86. The van der Waals surface area contributed by atoms with Crippen LogP contribution in [0.15, 0.2) is 0 Å². The minimum atomic E-state index is -0.675. The smallest absolute Gasteiger partial charge is 0.408 e. The summed E-state index contributed by atoms with van der Waals surface area (Å²) in [6.45, 7) is 19.6. The van der Waals surface area contributed by atoms with E-state index < -0.39 is 23.2 Å². The molecule has 1 N–H and O–H groups in total. The van der Waals surface area contributed by atoms with Crippen molar-refractivity contribution in [2.45, 2.75) is 73.6 Å². The number of hydrogen-bond acceptors (Lipinski definition) is 6. The first kappa shape index (κ1) is 26.0. The number of amides is 3. The maximum Gasteiger partial charge on any atom is 0.408 e. The van der Waals surface area contributed by atoms with Gasteiger partial charge in [0.1, 0.15) is 17.5 Å². The van der Waals surface area contributed by atoms with Crippen LogP contribution in [0, 0.1) is 19.3 Å². The van der Waals surface area contributed by atoms with E-state index in [1.807, 2.05) is 44.4 Å². The lowest BCUT2D eigenvalue weighted by Gasteiger charge is -2.39. The Labute approximate surface area is 202 Å². The van der Waals surface area contributed by atoms with Crippen molar-refractivity contribution in [1.82, 2.24) is 29.6 Å². The van der Waals surface area contributed by atoms with Crippen LogP contribution in [0.2, 0.25) is 0 Å². The summed E-state index contributed by atoms with van der Waals surface area (Å²) in [5.41, 5.74) is 0.800. The molecule has 1 aromatic rings. The van der Waals surface area contributed by atoms with Gasteiger partial charge in [-0.1, -0.05) is 20.8 Å². The van der Waals surface area contributed by atoms with Gasteiger partial charge < -0.3 is 19.9 Å². The fourth-order valence-electron chi connectivity index (χ4n) is 4.43. The van der Waals surface area contributed by atoms with Crippen LogP contribution < -0.4 is 5.32 Å². The first-order valence-corrected chi connectivity index (χ1v) is 12.0. The largest absolute Gasteiger partial charge is 0.444 e. The molecule has 3 rings (SSSR count). The maximum atomic E-state index is 13.3. The van der Waals surface area contributed by atoms with Crippen LogP contribution in [0.3, 0.4) is 0 Å². The van der Waals surface area contributed by atoms with Gasteiger partial charge in [-0.25, -0.2) is 14.6 Å². The summed E-state index contributed by atoms with van der Waals surface area (Å²) in [4.78, 5) is 48.7. The van der Waals surface area contributed by atoms with Gasteiger partial charge in [-0.15, -0.1) is 0 Å². The van der Waals surface area contributed by atoms with Gasteiger partial charge in [0.2, 0.25) is 5.91 Å². The summed E-state index contributed by atoms with van der Waals surface area (Å²) in [6.07, 6.45) is -0.583. The zero-order valence-electron chi connectivity index (χ0n) is 21.9. The molecule has 0 aliphatic carbocycles. The van der Waals surface area contributed by atoms with Crippen molar-refractivity contribution in [3.05, 3.63) is 17.2 Å². The second-order valence-corrected chi connectivity index (χ2v) is 11.3. The number of aryl methyl sites for hydroxylation is 2. The lowest BCUT2D eigenvalue weighted by molar-refractivity contribution is -0.138. The molecule has 0 radical (unpaired) electrons. The average Bonchev–Trinajstić information content (AvgIpc) is 3.19. The number of nitrogens with one attached hydrogen (secondary N) is 1. The second kappa shape index (κ2) is 9.56. The number of hydrogen-bond donors (Lipinski definition) is 1. The van der Waals surface area contributed by atoms with Crippen molar-refractivity contribution < 1.29 is 19.1 Å². The summed E-state index contributed by atoms with van der Waals surface area (Å²) in [6, 6.07) is -0.686. The number of carbonyl (C=O) groups excluding carboxylic acids is 3. The Morgan fingerprint density at radius 1 is 1.03 bits per heavy atom. The van der Waals surface area contributed by atoms with Gasteiger partial charge in [0, 0.05) is 39.3 Å². The number of rotatable bonds is 5. The predicted molar refractivity (Wildman–Crippen MR) is 129 cm³/mol. The third-order valence-corrected chi connectivity index (χ3v) is 6.29. The number of piperazine rings is 1. The minimum absolute atomic E-state index is 0.0110. The van der Waals surface area contributed by atoms with Crippen LogP contribution in [0.25, 0.3) is 0 Å². The third-order valence-electron chi connectivity index (χ3n) is 6.29. The van der Waals surface area contributed by atoms with Crippen LogP contribution in [0.4, 0.5) is 9.59 Å². The molecule has 2 aliphatic heterocycles. The molecule has 1 fully saturated rings. The van der Waals surface area contributed by atoms with Crippen LogP contribution >= 0.6 is 0 Å². The third kappa shape index (κ3) is 5.89. The summed E-state index contributed by atoms with van der Waals surface area (Å²) in [5.74, 6) is 0.644. The van der Waals surface area contributed by atoms with E-state index in [-0.39, 0.29) is 11.9 Å². The number of nitrogens with zero attached hydrogens (tertiary/aromatic N) is 5. The quantitative estimate of drug-likeness (QED) is 0.700. The highest BCUT2D eigenvalue weighted by atomic mass is 16.6. The Hall–Kier alpha value is -2.62. The summed E-state index contributed by atoms with van der Waals surface area (Å²) in [7, 11) is 0. The van der Waals surface area contributed by atoms with Crippen molar-refractivity contribution >= 4 is 18.0 Å². The fraction of sp³-hybridized carbons (Fsp3) is 0.750. The first-order valence-electron chi connectivity index (χ1n) is 12.0. The second-order valence-electron chi connectivity index (χ2n) is 11.3. The number of imidazole rings is 1. The van der Waals surface area contributed by atoms with Gasteiger partial charge in [0.05, 0.1) is 17.9 Å². The van der Waals surface area contributed by atoms with E-state index >= 15 is 0 Å². The molecule has 0 bridgehead atoms. The topological polar surface area (TPSA) is 100 Å². The van der Waals surface area contributed by atoms with Gasteiger partial charge in [-0.05, 0) is 40.0 Å². The van der Waals surface area contributed by atoms with Gasteiger partial charge in [0.25, 0.3) is 0 Å². The van der Waals surface area contributed by atoms with E-state index in [2.05, 4.69) is 15.2 Å². The van der Waals surface area contributed by atoms with Gasteiger partial charge in [0.15, 0.2) is 0 Å². The Morgan fingerprint density at radius 3 is 2.18 bits per heavy atom. The Balaban J connectivity index is 1.51. The Kier molecular flexibility index (Phi) is 7.31. The molecule has 190 valence electrons. The Morgan fingerprint density at radius 2 is 1.65 bits per heavy atom. The van der Waals surface area contributed by atoms with Crippen molar-refractivity contribution in [3.8, 4) is 0 Å². The van der Waals surface area contributed by atoms with E-state index in [9.17, 15) is 14.4 Å². The van der Waals surface area contributed by atoms with E-state index in [1.165, 1.54) is 0 Å². The molecule has 1 saturated heterocycles. The van der Waals surface area contributed by atoms with Crippen LogP contribution in [-0.4, -0.2) is 93.2 Å². The standard InChI is InChI=1S/C24H40N6O4/c1-16-18-15-29(22(33)30(18)17(2)25-16)14-11-27-9-12-28(13-10-27)20(31)19(23(3,4)5)26-21(32)34-24(6,7)8/h19H,9-15H2,1-8H3,(H,26,32)/t19-/m0/s1. The van der Waals surface area contributed by atoms with E-state index in [4.69, 9.17) is 4.74 Å². The monoisotopic (exact) mass is 476 g/mol. The summed E-state index contributed by atoms with van der Waals surface area (Å²) < 4.78 is 7.08. The average molecular weight is 477 g/mol. The molecule has 1 aromatic heterocycles. The minimum Gasteiger partial charge on any atom is -0.444 e. The number of alkyl carbamates (subject to hydrolysis) is 1. The zero-order valence-corrected chi connectivity index (χ0v) is 21.9. The molecular formula is C24H40N6O4. The number of fused-ring (bicyclic) bond motifs is 1. The fourth-order valence-corrected chi connectivity index (χ4v) is 4.43. The first-order chi connectivity index (χ1) is 15.7. The van der Waals surface area contributed by atoms with Crippen LogP contribution in [0.5, 0.6) is 0 Å². The van der Waals surface area contributed by atoms with Gasteiger partial charge >= 0.3 is 12.1 Å². The molecule has 0 spiro atoms. The van der Waals surface area contributed by atoms with Crippen molar-refractivity contribution in [3.63, 3.8) is 0 Å². The van der Waals surface area contributed by atoms with Gasteiger partial charge in [-0.3, -0.25) is 14.3 Å². The number of carbonyl (C=O) groups is 3. The summed E-state index contributed by atoms with van der Waals surface area (Å²) in [5, 5.41) is 2.79. The van der Waals surface area contributed by atoms with E-state index in [0.29, 0.717) is 26.2 Å². The highest BCUT2D eigenvalue weighted by Crippen LogP contribution is 2.24. The van der Waals surface area contributed by atoms with Crippen molar-refractivity contribution in [1.29, 1.82) is 0 Å². The maximum absolute atomic E-state index is 13.3. The molecule has 34 heavy (non-hydrogen) atoms. The normalized spacial score (nSPS) is 18.2. The number of aromatic nitrogens is 2. The predicted octanol–water partition coefficient (Wildman–Crippen LogP) is 2.37. The molecule has 0 saturated carbocycles. The molecule has 10 nitrogen and oxygen atoms in total. The lowest BCUT2D eigenvalue weighted by atomic mass is 9.85. The van der Waals surface area contributed by atoms with Crippen molar-refractivity contribution in [2.75, 3.05) is 39.3 Å². The molecule has 1 atom stereocenters. The lowest BCUT2D eigenvalue weighted by Crippen LogP contribution is -2.59. The van der Waals surface area contributed by atoms with Crippen LogP contribution in [0.1, 0.15) is 58.8 Å². The molecular weight excluding hydrogens is 436 g/mol. The van der Waals surface area contributed by atoms with Crippen LogP contribution in [-0.2, 0) is 16.1 Å². The molecule has 0 aromatic carbocycles. The van der Waals surface area contributed by atoms with Crippen molar-refractivity contribution in [2.24, 2.45) is 5.41 Å². The number of ether oxygens (including phenoxy) is 1. The SMILES string of the molecule is Cc1nc(C)n2c1CN(CCN1CCN(C(=O)[C@H](NC(=O)OC(C)(C)C)C(C)(C)C)CC1)C2=O. The molecule has 3 amide bonds. The summed E-state index contributed by atoms with van der Waals surface area (Å²) >= 11 is 0. The molecule has 2 aliphatic rings. The zero-order chi connectivity index (χ0) is 25.4.